The topological polar surface area (TPSA) is 89.3 Å². The predicted octanol–water partition coefficient (Wildman–Crippen LogP) is 1.63. The van der Waals surface area contributed by atoms with Crippen molar-refractivity contribution in [3.8, 4) is 0 Å². The zero-order valence-corrected chi connectivity index (χ0v) is 13.2. The third-order valence-electron chi connectivity index (χ3n) is 2.93. The summed E-state index contributed by atoms with van der Waals surface area (Å²) in [5, 5.41) is 0. The van der Waals surface area contributed by atoms with Crippen LogP contribution in [0.4, 0.5) is 0 Å². The van der Waals surface area contributed by atoms with Crippen LogP contribution in [-0.4, -0.2) is 20.4 Å². The number of amides is 1. The molecule has 0 fully saturated rings. The normalized spacial score (nSPS) is 14.9. The van der Waals surface area contributed by atoms with Crippen LogP contribution in [-0.2, 0) is 14.8 Å². The van der Waals surface area contributed by atoms with Gasteiger partial charge in [0.25, 0.3) is 0 Å². The molecule has 19 heavy (non-hydrogen) atoms. The number of rotatable bonds is 6. The molecule has 0 aliphatic rings. The van der Waals surface area contributed by atoms with Crippen LogP contribution in [0.2, 0.25) is 0 Å². The first-order valence-corrected chi connectivity index (χ1v) is 8.13. The van der Waals surface area contributed by atoms with Gasteiger partial charge in [0.2, 0.25) is 15.9 Å². The van der Waals surface area contributed by atoms with Crippen LogP contribution >= 0.6 is 15.9 Å². The Morgan fingerprint density at radius 2 is 2.00 bits per heavy atom. The molecule has 1 aromatic carbocycles. The molecule has 1 amide bonds. The monoisotopic (exact) mass is 348 g/mol. The van der Waals surface area contributed by atoms with Gasteiger partial charge < -0.3 is 5.73 Å². The van der Waals surface area contributed by atoms with Gasteiger partial charge in [0.15, 0.2) is 0 Å². The zero-order chi connectivity index (χ0) is 14.6. The molecule has 7 heteroatoms. The van der Waals surface area contributed by atoms with E-state index in [2.05, 4.69) is 20.7 Å². The maximum absolute atomic E-state index is 12.2. The first-order chi connectivity index (χ1) is 8.79. The Morgan fingerprint density at radius 3 is 2.47 bits per heavy atom. The predicted molar refractivity (Wildman–Crippen MR) is 76.9 cm³/mol. The van der Waals surface area contributed by atoms with Crippen LogP contribution in [0.15, 0.2) is 33.6 Å². The summed E-state index contributed by atoms with van der Waals surface area (Å²) < 4.78 is 27.3. The average Bonchev–Trinajstić information content (AvgIpc) is 2.35. The van der Waals surface area contributed by atoms with Crippen molar-refractivity contribution >= 4 is 31.9 Å². The van der Waals surface area contributed by atoms with Gasteiger partial charge in [-0.25, -0.2) is 8.42 Å². The van der Waals surface area contributed by atoms with Crippen LogP contribution in [0.25, 0.3) is 0 Å². The molecular weight excluding hydrogens is 332 g/mol. The number of sulfonamides is 1. The molecule has 0 bridgehead atoms. The molecule has 106 valence electrons. The van der Waals surface area contributed by atoms with Gasteiger partial charge in [0.1, 0.15) is 6.04 Å². The van der Waals surface area contributed by atoms with Crippen molar-refractivity contribution in [2.24, 2.45) is 11.7 Å². The molecule has 2 atom stereocenters. The Hall–Kier alpha value is -0.920. The second-order valence-electron chi connectivity index (χ2n) is 4.32. The van der Waals surface area contributed by atoms with Gasteiger partial charge in [-0.05, 0) is 34.0 Å². The molecule has 3 N–H and O–H groups in total. The fourth-order valence-electron chi connectivity index (χ4n) is 1.58. The van der Waals surface area contributed by atoms with Crippen LogP contribution < -0.4 is 10.5 Å². The number of benzene rings is 1. The standard InChI is InChI=1S/C12H17BrN2O3S/c1-3-8(2)11(12(14)16)15-19(17,18)10-7-5-4-6-9(10)13/h4-8,11,15H,3H2,1-2H3,(H2,14,16). The van der Waals surface area contributed by atoms with Gasteiger partial charge >= 0.3 is 0 Å². The van der Waals surface area contributed by atoms with Gasteiger partial charge in [0.05, 0.1) is 4.90 Å². The first kappa shape index (κ1) is 16.1. The van der Waals surface area contributed by atoms with E-state index in [9.17, 15) is 13.2 Å². The number of nitrogens with one attached hydrogen (secondary N) is 1. The summed E-state index contributed by atoms with van der Waals surface area (Å²) in [5.41, 5.74) is 5.26. The summed E-state index contributed by atoms with van der Waals surface area (Å²) in [6.45, 7) is 3.64. The lowest BCUT2D eigenvalue weighted by Crippen LogP contribution is -2.48. The van der Waals surface area contributed by atoms with Gasteiger partial charge in [0, 0.05) is 4.47 Å². The largest absolute Gasteiger partial charge is 0.368 e. The number of hydrogen-bond donors (Lipinski definition) is 2. The highest BCUT2D eigenvalue weighted by Gasteiger charge is 2.28. The van der Waals surface area contributed by atoms with E-state index in [-0.39, 0.29) is 10.8 Å². The highest BCUT2D eigenvalue weighted by molar-refractivity contribution is 9.10. The van der Waals surface area contributed by atoms with E-state index in [4.69, 9.17) is 5.73 Å². The van der Waals surface area contributed by atoms with Crippen molar-refractivity contribution in [3.05, 3.63) is 28.7 Å². The molecule has 0 spiro atoms. The van der Waals surface area contributed by atoms with E-state index < -0.39 is 22.0 Å². The lowest BCUT2D eigenvalue weighted by Gasteiger charge is -2.21. The second kappa shape index (κ2) is 6.49. The van der Waals surface area contributed by atoms with Crippen LogP contribution in [0.5, 0.6) is 0 Å². The number of primary amides is 1. The van der Waals surface area contributed by atoms with Crippen molar-refractivity contribution in [2.75, 3.05) is 0 Å². The average molecular weight is 349 g/mol. The second-order valence-corrected chi connectivity index (χ2v) is 6.85. The molecule has 0 radical (unpaired) electrons. The number of hydrogen-bond acceptors (Lipinski definition) is 3. The lowest BCUT2D eigenvalue weighted by atomic mass is 10.00. The summed E-state index contributed by atoms with van der Waals surface area (Å²) in [6.07, 6.45) is 0.645. The summed E-state index contributed by atoms with van der Waals surface area (Å²) in [4.78, 5) is 11.5. The van der Waals surface area contributed by atoms with E-state index in [1.165, 1.54) is 6.07 Å². The van der Waals surface area contributed by atoms with Gasteiger partial charge in [-0.1, -0.05) is 32.4 Å². The van der Waals surface area contributed by atoms with Gasteiger partial charge in [-0.2, -0.15) is 4.72 Å². The van der Waals surface area contributed by atoms with Gasteiger partial charge in [-0.3, -0.25) is 4.79 Å². The SMILES string of the molecule is CCC(C)C(NS(=O)(=O)c1ccccc1Br)C(N)=O. The first-order valence-electron chi connectivity index (χ1n) is 5.85. The molecule has 0 heterocycles. The van der Waals surface area contributed by atoms with Crippen LogP contribution in [0.1, 0.15) is 20.3 Å². The van der Waals surface area contributed by atoms with Crippen molar-refractivity contribution in [1.82, 2.24) is 4.72 Å². The van der Waals surface area contributed by atoms with Gasteiger partial charge in [-0.15, -0.1) is 0 Å². The van der Waals surface area contributed by atoms with E-state index in [0.717, 1.165) is 0 Å². The summed E-state index contributed by atoms with van der Waals surface area (Å²) in [5.74, 6) is -0.847. The minimum atomic E-state index is -3.79. The highest BCUT2D eigenvalue weighted by atomic mass is 79.9. The number of carbonyl (C=O) groups excluding carboxylic acids is 1. The Bertz CT molecular complexity index is 560. The number of carbonyl (C=O) groups is 1. The molecule has 0 saturated carbocycles. The number of nitrogens with two attached hydrogens (primary N) is 1. The third kappa shape index (κ3) is 4.02. The maximum Gasteiger partial charge on any atom is 0.242 e. The van der Waals surface area contributed by atoms with Crippen molar-refractivity contribution < 1.29 is 13.2 Å². The van der Waals surface area contributed by atoms with E-state index in [1.54, 1.807) is 25.1 Å². The molecule has 5 nitrogen and oxygen atoms in total. The summed E-state index contributed by atoms with van der Waals surface area (Å²) in [6, 6.07) is 5.49. The maximum atomic E-state index is 12.2. The van der Waals surface area contributed by atoms with Crippen LogP contribution in [0.3, 0.4) is 0 Å². The van der Waals surface area contributed by atoms with E-state index >= 15 is 0 Å². The summed E-state index contributed by atoms with van der Waals surface area (Å²) >= 11 is 3.18. The molecule has 1 rings (SSSR count). The summed E-state index contributed by atoms with van der Waals surface area (Å²) in [7, 11) is -3.79. The molecule has 0 aliphatic heterocycles. The van der Waals surface area contributed by atoms with Crippen LogP contribution in [0, 0.1) is 5.92 Å². The molecule has 2 unspecified atom stereocenters. The third-order valence-corrected chi connectivity index (χ3v) is 5.38. The fraction of sp³-hybridized carbons (Fsp3) is 0.417. The Balaban J connectivity index is 3.08. The Kier molecular flexibility index (Phi) is 5.51. The number of halogens is 1. The van der Waals surface area contributed by atoms with Crippen molar-refractivity contribution in [3.63, 3.8) is 0 Å². The van der Waals surface area contributed by atoms with Crippen molar-refractivity contribution in [2.45, 2.75) is 31.2 Å². The molecule has 0 aromatic heterocycles. The zero-order valence-electron chi connectivity index (χ0n) is 10.8. The quantitative estimate of drug-likeness (QED) is 0.818. The smallest absolute Gasteiger partial charge is 0.242 e. The van der Waals surface area contributed by atoms with E-state index in [0.29, 0.717) is 10.9 Å². The minimum Gasteiger partial charge on any atom is -0.368 e. The molecule has 0 aliphatic carbocycles. The molecule has 1 aromatic rings. The Morgan fingerprint density at radius 1 is 1.42 bits per heavy atom. The highest BCUT2D eigenvalue weighted by Crippen LogP contribution is 2.22. The minimum absolute atomic E-state index is 0.0875. The lowest BCUT2D eigenvalue weighted by molar-refractivity contribution is -0.120. The molecule has 0 saturated heterocycles. The fourth-order valence-corrected chi connectivity index (χ4v) is 3.90. The van der Waals surface area contributed by atoms with Crippen molar-refractivity contribution in [1.29, 1.82) is 0 Å². The van der Waals surface area contributed by atoms with E-state index in [1.807, 2.05) is 6.92 Å². The molecular formula is C12H17BrN2O3S. The Labute approximate surface area is 121 Å².